The quantitative estimate of drug-likeness (QED) is 0.672. The van der Waals surface area contributed by atoms with E-state index in [1.165, 1.54) is 11.0 Å². The van der Waals surface area contributed by atoms with Gasteiger partial charge in [0.1, 0.15) is 5.82 Å². The van der Waals surface area contributed by atoms with Crippen LogP contribution in [-0.4, -0.2) is 29.2 Å². The highest BCUT2D eigenvalue weighted by molar-refractivity contribution is 9.11. The van der Waals surface area contributed by atoms with Crippen molar-refractivity contribution in [3.63, 3.8) is 0 Å². The lowest BCUT2D eigenvalue weighted by Gasteiger charge is -2.19. The van der Waals surface area contributed by atoms with E-state index in [4.69, 9.17) is 0 Å². The van der Waals surface area contributed by atoms with Crippen molar-refractivity contribution in [3.8, 4) is 0 Å². The molecular weight excluding hydrogens is 459 g/mol. The molecule has 2 aliphatic rings. The number of carbonyl (C=O) groups is 3. The maximum absolute atomic E-state index is 13.9. The van der Waals surface area contributed by atoms with Crippen molar-refractivity contribution >= 4 is 55.3 Å². The molecule has 1 aliphatic carbocycles. The molecule has 0 aromatic heterocycles. The summed E-state index contributed by atoms with van der Waals surface area (Å²) in [5, 5.41) is 2.49. The number of likely N-dealkylation sites (tertiary alicyclic amines) is 1. The summed E-state index contributed by atoms with van der Waals surface area (Å²) < 4.78 is 14.9. The minimum absolute atomic E-state index is 0.0340. The van der Waals surface area contributed by atoms with Gasteiger partial charge in [0.2, 0.25) is 17.7 Å². The molecule has 0 bridgehead atoms. The van der Waals surface area contributed by atoms with Crippen LogP contribution in [0.25, 0.3) is 0 Å². The Morgan fingerprint density at radius 1 is 1.16 bits per heavy atom. The number of nitrogens with zero attached hydrogens (tertiary/aromatic N) is 1. The average molecular weight is 476 g/mol. The van der Waals surface area contributed by atoms with Gasteiger partial charge in [-0.15, -0.1) is 0 Å². The average Bonchev–Trinajstić information content (AvgIpc) is 2.81. The SMILES string of the molecule is O=C(CCN1C(=O)[C@H]2CCCC[C@@H]2C1=O)Nc1c(F)cc(Br)cc1Br. The summed E-state index contributed by atoms with van der Waals surface area (Å²) in [5.74, 6) is -1.80. The van der Waals surface area contributed by atoms with Crippen molar-refractivity contribution in [2.75, 3.05) is 11.9 Å². The highest BCUT2D eigenvalue weighted by Crippen LogP contribution is 2.38. The number of amides is 3. The zero-order valence-electron chi connectivity index (χ0n) is 13.4. The van der Waals surface area contributed by atoms with Gasteiger partial charge in [0.05, 0.1) is 17.5 Å². The van der Waals surface area contributed by atoms with E-state index < -0.39 is 11.7 Å². The first-order valence-electron chi connectivity index (χ1n) is 8.18. The van der Waals surface area contributed by atoms with E-state index in [1.54, 1.807) is 6.07 Å². The number of fused-ring (bicyclic) bond motifs is 1. The van der Waals surface area contributed by atoms with Crippen LogP contribution in [0.5, 0.6) is 0 Å². The van der Waals surface area contributed by atoms with E-state index in [2.05, 4.69) is 37.2 Å². The number of hydrogen-bond acceptors (Lipinski definition) is 3. The molecule has 1 saturated heterocycles. The third-order valence-electron chi connectivity index (χ3n) is 4.77. The Morgan fingerprint density at radius 2 is 1.76 bits per heavy atom. The molecule has 0 unspecified atom stereocenters. The third kappa shape index (κ3) is 3.79. The number of hydrogen-bond donors (Lipinski definition) is 1. The molecule has 8 heteroatoms. The van der Waals surface area contributed by atoms with Crippen molar-refractivity contribution in [3.05, 3.63) is 26.9 Å². The second kappa shape index (κ2) is 7.53. The van der Waals surface area contributed by atoms with Crippen LogP contribution >= 0.6 is 31.9 Å². The van der Waals surface area contributed by atoms with Crippen LogP contribution in [0.2, 0.25) is 0 Å². The van der Waals surface area contributed by atoms with Gasteiger partial charge in [0, 0.05) is 21.9 Å². The van der Waals surface area contributed by atoms with Crippen molar-refractivity contribution in [1.29, 1.82) is 0 Å². The number of nitrogens with one attached hydrogen (secondary N) is 1. The lowest BCUT2D eigenvalue weighted by atomic mass is 9.81. The Morgan fingerprint density at radius 3 is 2.32 bits per heavy atom. The first kappa shape index (κ1) is 18.5. The fourth-order valence-corrected chi connectivity index (χ4v) is 4.80. The normalized spacial score (nSPS) is 22.9. The molecule has 134 valence electrons. The molecule has 5 nitrogen and oxygen atoms in total. The van der Waals surface area contributed by atoms with E-state index in [9.17, 15) is 18.8 Å². The van der Waals surface area contributed by atoms with Crippen LogP contribution < -0.4 is 5.32 Å². The number of imide groups is 1. The van der Waals surface area contributed by atoms with Crippen LogP contribution in [-0.2, 0) is 14.4 Å². The Balaban J connectivity index is 1.61. The summed E-state index contributed by atoms with van der Waals surface area (Å²) in [6, 6.07) is 2.87. The molecular formula is C17H17Br2FN2O3. The molecule has 3 rings (SSSR count). The van der Waals surface area contributed by atoms with E-state index in [1.807, 2.05) is 0 Å². The second-order valence-electron chi connectivity index (χ2n) is 6.37. The van der Waals surface area contributed by atoms with Crippen LogP contribution in [0.4, 0.5) is 10.1 Å². The first-order valence-corrected chi connectivity index (χ1v) is 9.76. The van der Waals surface area contributed by atoms with Crippen LogP contribution in [0.1, 0.15) is 32.1 Å². The molecule has 0 radical (unpaired) electrons. The van der Waals surface area contributed by atoms with Crippen molar-refractivity contribution in [1.82, 2.24) is 4.90 Å². The molecule has 1 heterocycles. The summed E-state index contributed by atoms with van der Waals surface area (Å²) in [6.45, 7) is 0.0340. The van der Waals surface area contributed by atoms with E-state index in [0.29, 0.717) is 8.95 Å². The van der Waals surface area contributed by atoms with Gasteiger partial charge in [-0.1, -0.05) is 28.8 Å². The van der Waals surface area contributed by atoms with Gasteiger partial charge in [-0.2, -0.15) is 0 Å². The highest BCUT2D eigenvalue weighted by Gasteiger charge is 2.47. The minimum atomic E-state index is -0.575. The monoisotopic (exact) mass is 474 g/mol. The Bertz CT molecular complexity index is 694. The predicted octanol–water partition coefficient (Wildman–Crippen LogP) is 3.85. The first-order chi connectivity index (χ1) is 11.9. The van der Waals surface area contributed by atoms with Crippen molar-refractivity contribution < 1.29 is 18.8 Å². The molecule has 0 spiro atoms. The number of benzene rings is 1. The van der Waals surface area contributed by atoms with Gasteiger partial charge in [-0.25, -0.2) is 4.39 Å². The van der Waals surface area contributed by atoms with Crippen molar-refractivity contribution in [2.45, 2.75) is 32.1 Å². The smallest absolute Gasteiger partial charge is 0.233 e. The van der Waals surface area contributed by atoms with E-state index >= 15 is 0 Å². The van der Waals surface area contributed by atoms with Crippen LogP contribution in [0.15, 0.2) is 21.1 Å². The van der Waals surface area contributed by atoms with Crippen LogP contribution in [0.3, 0.4) is 0 Å². The second-order valence-corrected chi connectivity index (χ2v) is 8.14. The van der Waals surface area contributed by atoms with Crippen molar-refractivity contribution in [2.24, 2.45) is 11.8 Å². The molecule has 2 atom stereocenters. The predicted molar refractivity (Wildman–Crippen MR) is 97.2 cm³/mol. The van der Waals surface area contributed by atoms with Gasteiger partial charge in [0.25, 0.3) is 0 Å². The third-order valence-corrected chi connectivity index (χ3v) is 5.85. The molecule has 1 aromatic rings. The number of anilines is 1. The summed E-state index contributed by atoms with van der Waals surface area (Å²) in [5.41, 5.74) is 0.0425. The summed E-state index contributed by atoms with van der Waals surface area (Å²) in [6.07, 6.45) is 3.36. The lowest BCUT2D eigenvalue weighted by Crippen LogP contribution is -2.34. The molecule has 2 fully saturated rings. The summed E-state index contributed by atoms with van der Waals surface area (Å²) >= 11 is 6.37. The molecule has 1 aromatic carbocycles. The zero-order chi connectivity index (χ0) is 18.1. The Hall–Kier alpha value is -1.28. The highest BCUT2D eigenvalue weighted by atomic mass is 79.9. The number of rotatable bonds is 4. The van der Waals surface area contributed by atoms with Gasteiger partial charge >= 0.3 is 0 Å². The van der Waals surface area contributed by atoms with Gasteiger partial charge in [-0.05, 0) is 40.9 Å². The van der Waals surface area contributed by atoms with E-state index in [0.717, 1.165) is 25.7 Å². The van der Waals surface area contributed by atoms with Gasteiger partial charge in [-0.3, -0.25) is 19.3 Å². The maximum Gasteiger partial charge on any atom is 0.233 e. The number of halogens is 3. The largest absolute Gasteiger partial charge is 0.323 e. The van der Waals surface area contributed by atoms with E-state index in [-0.39, 0.29) is 42.3 Å². The lowest BCUT2D eigenvalue weighted by molar-refractivity contribution is -0.140. The number of carbonyl (C=O) groups excluding carboxylic acids is 3. The summed E-state index contributed by atoms with van der Waals surface area (Å²) in [7, 11) is 0. The fourth-order valence-electron chi connectivity index (χ4n) is 3.53. The standard InChI is InChI=1S/C17H17Br2FN2O3/c18-9-7-12(19)15(13(20)8-9)21-14(23)5-6-22-16(24)10-3-1-2-4-11(10)17(22)25/h7-8,10-11H,1-6H2,(H,21,23)/t10-,11-/m0/s1. The van der Waals surface area contributed by atoms with Gasteiger partial charge < -0.3 is 5.32 Å². The summed E-state index contributed by atoms with van der Waals surface area (Å²) in [4.78, 5) is 38.1. The molecule has 1 N–H and O–H groups in total. The zero-order valence-corrected chi connectivity index (χ0v) is 16.5. The molecule has 1 aliphatic heterocycles. The minimum Gasteiger partial charge on any atom is -0.323 e. The Labute approximate surface area is 161 Å². The molecule has 25 heavy (non-hydrogen) atoms. The fraction of sp³-hybridized carbons (Fsp3) is 0.471. The molecule has 3 amide bonds. The van der Waals surface area contributed by atoms with Gasteiger partial charge in [0.15, 0.2) is 0 Å². The molecule has 1 saturated carbocycles. The van der Waals surface area contributed by atoms with Crippen LogP contribution in [0, 0.1) is 17.7 Å². The Kier molecular flexibility index (Phi) is 5.58. The topological polar surface area (TPSA) is 66.5 Å². The maximum atomic E-state index is 13.9.